The van der Waals surface area contributed by atoms with E-state index in [1.54, 1.807) is 12.3 Å². The lowest BCUT2D eigenvalue weighted by Crippen LogP contribution is -2.10. The van der Waals surface area contributed by atoms with Crippen LogP contribution in [-0.4, -0.2) is 35.0 Å². The number of rotatable bonds is 3. The fraction of sp³-hybridized carbons (Fsp3) is 0.211. The Bertz CT molecular complexity index is 1050. The van der Waals surface area contributed by atoms with E-state index in [-0.39, 0.29) is 5.41 Å². The number of tetrazole rings is 1. The van der Waals surface area contributed by atoms with Crippen LogP contribution in [0, 0.1) is 0 Å². The molecule has 7 heteroatoms. The first-order valence-corrected chi connectivity index (χ1v) is 8.37. The molecule has 0 aliphatic heterocycles. The predicted octanol–water partition coefficient (Wildman–Crippen LogP) is 3.38. The maximum atomic E-state index is 4.78. The van der Waals surface area contributed by atoms with Gasteiger partial charge in [-0.05, 0) is 33.6 Å². The Kier molecular flexibility index (Phi) is 3.84. The molecule has 0 spiro atoms. The second-order valence-electron chi connectivity index (χ2n) is 7.12. The number of hydrogen-bond acceptors (Lipinski definition) is 5. The first-order valence-electron chi connectivity index (χ1n) is 8.37. The number of benzene rings is 1. The van der Waals surface area contributed by atoms with Gasteiger partial charge in [0.15, 0.2) is 11.5 Å². The van der Waals surface area contributed by atoms with Gasteiger partial charge in [-0.1, -0.05) is 45.0 Å². The molecule has 0 aliphatic rings. The largest absolute Gasteiger partial charge is 0.303 e. The van der Waals surface area contributed by atoms with Crippen LogP contribution in [0.1, 0.15) is 37.9 Å². The molecule has 4 rings (SSSR count). The molecular formula is C19H19N7. The third-order valence-electron chi connectivity index (χ3n) is 4.19. The molecular weight excluding hydrogens is 326 g/mol. The standard InChI is InChI=1S/C19H19N7/c1-19(2,3)14-6-4-13(5-7-14)17-18-20-10-11-26(18)12-15(21-17)8-9-16-22-24-25-23-16/h4-12H,1-3H3,(H,22,23,24,25)/b9-8+. The van der Waals surface area contributed by atoms with Gasteiger partial charge in [-0.3, -0.25) is 0 Å². The summed E-state index contributed by atoms with van der Waals surface area (Å²) in [6, 6.07) is 8.51. The van der Waals surface area contributed by atoms with Gasteiger partial charge >= 0.3 is 0 Å². The zero-order valence-electron chi connectivity index (χ0n) is 14.9. The third kappa shape index (κ3) is 3.11. The molecule has 0 saturated heterocycles. The molecule has 0 unspecified atom stereocenters. The number of fused-ring (bicyclic) bond motifs is 1. The van der Waals surface area contributed by atoms with Crippen LogP contribution in [0.5, 0.6) is 0 Å². The maximum absolute atomic E-state index is 4.78. The van der Waals surface area contributed by atoms with E-state index < -0.39 is 0 Å². The summed E-state index contributed by atoms with van der Waals surface area (Å²) in [4.78, 5) is 9.24. The predicted molar refractivity (Wildman–Crippen MR) is 100 cm³/mol. The number of hydrogen-bond donors (Lipinski definition) is 1. The van der Waals surface area contributed by atoms with Crippen LogP contribution in [0.25, 0.3) is 29.1 Å². The van der Waals surface area contributed by atoms with Gasteiger partial charge < -0.3 is 4.40 Å². The zero-order chi connectivity index (χ0) is 18.1. The van der Waals surface area contributed by atoms with Crippen molar-refractivity contribution in [3.8, 4) is 11.3 Å². The summed E-state index contributed by atoms with van der Waals surface area (Å²) >= 11 is 0. The number of aromatic amines is 1. The second-order valence-corrected chi connectivity index (χ2v) is 7.12. The van der Waals surface area contributed by atoms with Gasteiger partial charge in [-0.2, -0.15) is 0 Å². The number of nitrogens with zero attached hydrogens (tertiary/aromatic N) is 6. The number of H-pyrrole nitrogens is 1. The van der Waals surface area contributed by atoms with E-state index in [0.717, 1.165) is 22.6 Å². The fourth-order valence-corrected chi connectivity index (χ4v) is 2.75. The topological polar surface area (TPSA) is 84.6 Å². The number of imidazole rings is 1. The molecule has 1 aromatic carbocycles. The summed E-state index contributed by atoms with van der Waals surface area (Å²) < 4.78 is 1.97. The van der Waals surface area contributed by atoms with Crippen LogP contribution in [0.2, 0.25) is 0 Å². The Morgan fingerprint density at radius 3 is 2.58 bits per heavy atom. The molecule has 26 heavy (non-hydrogen) atoms. The summed E-state index contributed by atoms with van der Waals surface area (Å²) in [7, 11) is 0. The van der Waals surface area contributed by atoms with Crippen LogP contribution in [-0.2, 0) is 5.41 Å². The lowest BCUT2D eigenvalue weighted by Gasteiger charge is -2.19. The molecule has 3 heterocycles. The lowest BCUT2D eigenvalue weighted by atomic mass is 9.86. The quantitative estimate of drug-likeness (QED) is 0.615. The molecule has 1 N–H and O–H groups in total. The van der Waals surface area contributed by atoms with E-state index in [0.29, 0.717) is 5.82 Å². The van der Waals surface area contributed by atoms with Gasteiger partial charge in [-0.25, -0.2) is 15.1 Å². The molecule has 0 amide bonds. The van der Waals surface area contributed by atoms with E-state index in [2.05, 4.69) is 70.6 Å². The van der Waals surface area contributed by atoms with Crippen molar-refractivity contribution < 1.29 is 0 Å². The number of aromatic nitrogens is 7. The van der Waals surface area contributed by atoms with Crippen LogP contribution >= 0.6 is 0 Å². The van der Waals surface area contributed by atoms with Crippen molar-refractivity contribution in [2.45, 2.75) is 26.2 Å². The van der Waals surface area contributed by atoms with Crippen molar-refractivity contribution >= 4 is 17.8 Å². The van der Waals surface area contributed by atoms with Crippen molar-refractivity contribution in [3.05, 3.63) is 59.9 Å². The van der Waals surface area contributed by atoms with Crippen LogP contribution in [0.3, 0.4) is 0 Å². The summed E-state index contributed by atoms with van der Waals surface area (Å²) in [5, 5.41) is 13.7. The Balaban J connectivity index is 1.77. The molecule has 130 valence electrons. The first kappa shape index (κ1) is 16.1. The fourth-order valence-electron chi connectivity index (χ4n) is 2.75. The summed E-state index contributed by atoms with van der Waals surface area (Å²) in [5.41, 5.74) is 4.90. The monoisotopic (exact) mass is 345 g/mol. The Hall–Kier alpha value is -3.35. The van der Waals surface area contributed by atoms with Crippen molar-refractivity contribution in [1.82, 2.24) is 35.0 Å². The Morgan fingerprint density at radius 1 is 1.08 bits per heavy atom. The molecule has 0 saturated carbocycles. The van der Waals surface area contributed by atoms with Crippen molar-refractivity contribution in [3.63, 3.8) is 0 Å². The highest BCUT2D eigenvalue weighted by molar-refractivity contribution is 5.76. The molecule has 0 fully saturated rings. The normalized spacial score (nSPS) is 12.3. The molecule has 4 aromatic rings. The average Bonchev–Trinajstić information content (AvgIpc) is 3.30. The second kappa shape index (κ2) is 6.18. The highest BCUT2D eigenvalue weighted by Gasteiger charge is 2.14. The average molecular weight is 345 g/mol. The van der Waals surface area contributed by atoms with Gasteiger partial charge in [0.2, 0.25) is 0 Å². The zero-order valence-corrected chi connectivity index (χ0v) is 14.9. The highest BCUT2D eigenvalue weighted by atomic mass is 15.5. The molecule has 7 nitrogen and oxygen atoms in total. The Labute approximate surface area is 150 Å². The molecule has 0 bridgehead atoms. The summed E-state index contributed by atoms with van der Waals surface area (Å²) in [5.74, 6) is 0.577. The van der Waals surface area contributed by atoms with Crippen LogP contribution in [0.4, 0.5) is 0 Å². The lowest BCUT2D eigenvalue weighted by molar-refractivity contribution is 0.590. The number of nitrogens with one attached hydrogen (secondary N) is 1. The third-order valence-corrected chi connectivity index (χ3v) is 4.19. The summed E-state index contributed by atoms with van der Waals surface area (Å²) in [6.45, 7) is 6.62. The van der Waals surface area contributed by atoms with Crippen molar-refractivity contribution in [2.75, 3.05) is 0 Å². The van der Waals surface area contributed by atoms with Gasteiger partial charge in [0.25, 0.3) is 0 Å². The minimum Gasteiger partial charge on any atom is -0.303 e. The van der Waals surface area contributed by atoms with Crippen molar-refractivity contribution in [2.24, 2.45) is 0 Å². The minimum absolute atomic E-state index is 0.115. The van der Waals surface area contributed by atoms with E-state index in [9.17, 15) is 0 Å². The van der Waals surface area contributed by atoms with Crippen LogP contribution in [0.15, 0.2) is 42.9 Å². The van der Waals surface area contributed by atoms with Gasteiger partial charge in [-0.15, -0.1) is 5.10 Å². The SMILES string of the molecule is CC(C)(C)c1ccc(-c2nc(/C=C/c3nnn[nH]3)cn3ccnc23)cc1. The van der Waals surface area contributed by atoms with E-state index in [1.165, 1.54) is 5.56 Å². The summed E-state index contributed by atoms with van der Waals surface area (Å²) in [6.07, 6.45) is 9.27. The smallest absolute Gasteiger partial charge is 0.172 e. The molecule has 0 radical (unpaired) electrons. The molecule has 3 aromatic heterocycles. The van der Waals surface area contributed by atoms with E-state index in [1.807, 2.05) is 22.9 Å². The maximum Gasteiger partial charge on any atom is 0.172 e. The minimum atomic E-state index is 0.115. The highest BCUT2D eigenvalue weighted by Crippen LogP contribution is 2.27. The Morgan fingerprint density at radius 2 is 1.88 bits per heavy atom. The van der Waals surface area contributed by atoms with Crippen LogP contribution < -0.4 is 0 Å². The molecule has 0 aliphatic carbocycles. The first-order chi connectivity index (χ1) is 12.5. The van der Waals surface area contributed by atoms with E-state index >= 15 is 0 Å². The van der Waals surface area contributed by atoms with Gasteiger partial charge in [0.05, 0.1) is 5.69 Å². The van der Waals surface area contributed by atoms with E-state index in [4.69, 9.17) is 4.98 Å². The van der Waals surface area contributed by atoms with Gasteiger partial charge in [0, 0.05) is 24.2 Å². The van der Waals surface area contributed by atoms with Gasteiger partial charge in [0.1, 0.15) is 5.69 Å². The van der Waals surface area contributed by atoms with Crippen molar-refractivity contribution in [1.29, 1.82) is 0 Å². The molecule has 0 atom stereocenters.